The molecule has 0 radical (unpaired) electrons. The number of unbranched alkanes of at least 4 members (excludes halogenated alkanes) is 28. The Morgan fingerprint density at radius 3 is 0.891 bits per heavy atom. The van der Waals surface area contributed by atoms with Crippen molar-refractivity contribution in [1.82, 2.24) is 0 Å². The summed E-state index contributed by atoms with van der Waals surface area (Å²) in [6.07, 6.45) is 41.0. The van der Waals surface area contributed by atoms with Gasteiger partial charge in [-0.05, 0) is 31.1 Å². The first kappa shape index (κ1) is 53.4. The minimum absolute atomic E-state index is 0.0652. The van der Waals surface area contributed by atoms with Crippen LogP contribution in [0, 0.1) is 11.8 Å². The molecule has 0 aromatic heterocycles. The van der Waals surface area contributed by atoms with Crippen LogP contribution >= 0.6 is 0 Å². The van der Waals surface area contributed by atoms with E-state index in [9.17, 15) is 14.4 Å². The van der Waals surface area contributed by atoms with Gasteiger partial charge in [-0.15, -0.1) is 0 Å². The summed E-state index contributed by atoms with van der Waals surface area (Å²) in [5.41, 5.74) is 0. The van der Waals surface area contributed by atoms with Crippen molar-refractivity contribution in [2.45, 2.75) is 272 Å². The highest BCUT2D eigenvalue weighted by atomic mass is 16.6. The van der Waals surface area contributed by atoms with Gasteiger partial charge in [-0.3, -0.25) is 14.4 Å². The summed E-state index contributed by atoms with van der Waals surface area (Å²) < 4.78 is 16.7. The van der Waals surface area contributed by atoms with Crippen LogP contribution in [0.2, 0.25) is 0 Å². The Hall–Kier alpha value is -1.59. The van der Waals surface area contributed by atoms with Gasteiger partial charge in [0.05, 0.1) is 0 Å². The Kier molecular flexibility index (Phi) is 40.8. The summed E-state index contributed by atoms with van der Waals surface area (Å²) in [5, 5.41) is 0. The van der Waals surface area contributed by atoms with Crippen LogP contribution in [0.5, 0.6) is 0 Å². The monoisotopic (exact) mass is 779 g/mol. The van der Waals surface area contributed by atoms with Crippen LogP contribution in [0.25, 0.3) is 0 Å². The van der Waals surface area contributed by atoms with Crippen LogP contribution in [0.15, 0.2) is 0 Å². The van der Waals surface area contributed by atoms with Gasteiger partial charge in [0, 0.05) is 19.3 Å². The van der Waals surface area contributed by atoms with Gasteiger partial charge >= 0.3 is 17.9 Å². The lowest BCUT2D eigenvalue weighted by Gasteiger charge is -2.18. The van der Waals surface area contributed by atoms with Crippen molar-refractivity contribution < 1.29 is 28.6 Å². The maximum absolute atomic E-state index is 12.7. The summed E-state index contributed by atoms with van der Waals surface area (Å²) in [7, 11) is 0. The van der Waals surface area contributed by atoms with Crippen LogP contribution < -0.4 is 0 Å². The summed E-state index contributed by atoms with van der Waals surface area (Å²) in [4.78, 5) is 37.7. The highest BCUT2D eigenvalue weighted by Crippen LogP contribution is 2.17. The van der Waals surface area contributed by atoms with Crippen molar-refractivity contribution in [1.29, 1.82) is 0 Å². The number of esters is 3. The van der Waals surface area contributed by atoms with E-state index in [4.69, 9.17) is 14.2 Å². The van der Waals surface area contributed by atoms with E-state index in [1.807, 2.05) is 0 Å². The molecular formula is C49H94O6. The first-order valence-corrected chi connectivity index (χ1v) is 24.2. The van der Waals surface area contributed by atoms with E-state index in [1.165, 1.54) is 154 Å². The van der Waals surface area contributed by atoms with E-state index in [1.54, 1.807) is 0 Å². The Bertz CT molecular complexity index is 839. The molecule has 0 saturated heterocycles. The molecule has 0 rings (SSSR count). The third-order valence-corrected chi connectivity index (χ3v) is 11.0. The van der Waals surface area contributed by atoms with E-state index < -0.39 is 6.10 Å². The number of carbonyl (C=O) groups is 3. The molecule has 326 valence electrons. The van der Waals surface area contributed by atoms with Gasteiger partial charge in [0.2, 0.25) is 0 Å². The van der Waals surface area contributed by atoms with Crippen molar-refractivity contribution >= 4 is 17.9 Å². The predicted octanol–water partition coefficient (Wildman–Crippen LogP) is 15.4. The molecule has 0 saturated carbocycles. The van der Waals surface area contributed by atoms with Gasteiger partial charge in [0.15, 0.2) is 6.10 Å². The zero-order valence-electron chi connectivity index (χ0n) is 37.6. The SMILES string of the molecule is CCCCCCCCCCCCC(=O)OC[C@@H](COC(=O)CCCCCCCCCCCCCCCCCC(C)C)OC(=O)CCCCCCCCC(C)C. The summed E-state index contributed by atoms with van der Waals surface area (Å²) in [6.45, 7) is 11.3. The smallest absolute Gasteiger partial charge is 0.306 e. The van der Waals surface area contributed by atoms with E-state index in [-0.39, 0.29) is 31.1 Å². The van der Waals surface area contributed by atoms with Crippen LogP contribution in [-0.2, 0) is 28.6 Å². The van der Waals surface area contributed by atoms with Crippen molar-refractivity contribution in [3.63, 3.8) is 0 Å². The minimum Gasteiger partial charge on any atom is -0.462 e. The maximum atomic E-state index is 12.7. The summed E-state index contributed by atoms with van der Waals surface area (Å²) in [5.74, 6) is 0.749. The lowest BCUT2D eigenvalue weighted by atomic mass is 10.0. The van der Waals surface area contributed by atoms with Crippen LogP contribution in [0.1, 0.15) is 266 Å². The van der Waals surface area contributed by atoms with Crippen molar-refractivity contribution in [2.24, 2.45) is 11.8 Å². The minimum atomic E-state index is -0.760. The van der Waals surface area contributed by atoms with Crippen molar-refractivity contribution in [2.75, 3.05) is 13.2 Å². The zero-order valence-corrected chi connectivity index (χ0v) is 37.6. The fourth-order valence-corrected chi connectivity index (χ4v) is 7.28. The molecule has 0 heterocycles. The Morgan fingerprint density at radius 2 is 0.600 bits per heavy atom. The predicted molar refractivity (Wildman–Crippen MR) is 233 cm³/mol. The molecular weight excluding hydrogens is 685 g/mol. The van der Waals surface area contributed by atoms with Gasteiger partial charge in [-0.25, -0.2) is 0 Å². The van der Waals surface area contributed by atoms with E-state index in [2.05, 4.69) is 34.6 Å². The molecule has 0 bridgehead atoms. The topological polar surface area (TPSA) is 78.9 Å². The number of ether oxygens (including phenoxy) is 3. The maximum Gasteiger partial charge on any atom is 0.306 e. The molecule has 1 atom stereocenters. The first-order valence-electron chi connectivity index (χ1n) is 24.2. The number of carbonyl (C=O) groups excluding carboxylic acids is 3. The van der Waals surface area contributed by atoms with Crippen LogP contribution in [0.4, 0.5) is 0 Å². The average Bonchev–Trinajstić information content (AvgIpc) is 3.15. The molecule has 0 aliphatic rings. The van der Waals surface area contributed by atoms with Crippen molar-refractivity contribution in [3.8, 4) is 0 Å². The fraction of sp³-hybridized carbons (Fsp3) is 0.939. The van der Waals surface area contributed by atoms with Crippen LogP contribution in [0.3, 0.4) is 0 Å². The second-order valence-electron chi connectivity index (χ2n) is 17.7. The lowest BCUT2D eigenvalue weighted by molar-refractivity contribution is -0.167. The van der Waals surface area contributed by atoms with Gasteiger partial charge < -0.3 is 14.2 Å². The molecule has 0 aromatic rings. The molecule has 55 heavy (non-hydrogen) atoms. The number of hydrogen-bond acceptors (Lipinski definition) is 6. The highest BCUT2D eigenvalue weighted by Gasteiger charge is 2.19. The Morgan fingerprint density at radius 1 is 0.345 bits per heavy atom. The average molecular weight is 779 g/mol. The van der Waals surface area contributed by atoms with Gasteiger partial charge in [0.25, 0.3) is 0 Å². The molecule has 0 aliphatic carbocycles. The molecule has 6 heteroatoms. The van der Waals surface area contributed by atoms with Gasteiger partial charge in [-0.1, -0.05) is 227 Å². The lowest BCUT2D eigenvalue weighted by Crippen LogP contribution is -2.30. The highest BCUT2D eigenvalue weighted by molar-refractivity contribution is 5.71. The first-order chi connectivity index (χ1) is 26.7. The molecule has 0 amide bonds. The molecule has 0 aromatic carbocycles. The molecule has 0 N–H and O–H groups in total. The quantitative estimate of drug-likeness (QED) is 0.0348. The van der Waals surface area contributed by atoms with Gasteiger partial charge in [0.1, 0.15) is 13.2 Å². The molecule has 0 fully saturated rings. The second kappa shape index (κ2) is 42.0. The summed E-state index contributed by atoms with van der Waals surface area (Å²) in [6, 6.07) is 0. The van der Waals surface area contributed by atoms with Crippen LogP contribution in [-0.4, -0.2) is 37.2 Å². The number of hydrogen-bond donors (Lipinski definition) is 0. The zero-order chi connectivity index (χ0) is 40.5. The Labute approximate surface area is 342 Å². The van der Waals surface area contributed by atoms with E-state index in [0.29, 0.717) is 19.3 Å². The second-order valence-corrected chi connectivity index (χ2v) is 17.7. The van der Waals surface area contributed by atoms with Gasteiger partial charge in [-0.2, -0.15) is 0 Å². The molecule has 0 spiro atoms. The largest absolute Gasteiger partial charge is 0.462 e. The summed E-state index contributed by atoms with van der Waals surface area (Å²) >= 11 is 0. The normalized spacial score (nSPS) is 12.1. The third-order valence-electron chi connectivity index (χ3n) is 11.0. The fourth-order valence-electron chi connectivity index (χ4n) is 7.28. The third kappa shape index (κ3) is 43.4. The standard InChI is InChI=1S/C49H94O6/c1-6-7-8-9-10-11-20-23-29-34-39-47(50)53-42-46(55-49(52)41-36-31-26-25-28-33-38-45(4)5)43-54-48(51)40-35-30-24-21-18-16-14-12-13-15-17-19-22-27-32-37-44(2)3/h44-46H,6-43H2,1-5H3/t46-/m0/s1. The van der Waals surface area contributed by atoms with Crippen molar-refractivity contribution in [3.05, 3.63) is 0 Å². The van der Waals surface area contributed by atoms with E-state index in [0.717, 1.165) is 69.6 Å². The molecule has 0 unspecified atom stereocenters. The molecule has 0 aliphatic heterocycles. The molecule has 6 nitrogen and oxygen atoms in total. The number of rotatable bonds is 43. The van der Waals surface area contributed by atoms with E-state index >= 15 is 0 Å². The Balaban J connectivity index is 4.21.